The number of likely N-dealkylation sites (tertiary alicyclic amines) is 1. The molecule has 2 saturated heterocycles. The van der Waals surface area contributed by atoms with Crippen LogP contribution in [0, 0.1) is 11.3 Å². The Hall–Kier alpha value is -1.43. The van der Waals surface area contributed by atoms with E-state index in [1.807, 2.05) is 6.07 Å². The number of nitrogens with one attached hydrogen (secondary N) is 1. The monoisotopic (exact) mass is 371 g/mol. The predicted octanol–water partition coefficient (Wildman–Crippen LogP) is 2.30. The highest BCUT2D eigenvalue weighted by molar-refractivity contribution is 5.89. The molecule has 148 valence electrons. The molecule has 2 aliphatic heterocycles. The average molecular weight is 372 g/mol. The predicted molar refractivity (Wildman–Crippen MR) is 106 cm³/mol. The van der Waals surface area contributed by atoms with Crippen LogP contribution in [0.2, 0.25) is 0 Å². The Labute approximate surface area is 162 Å². The molecule has 4 unspecified atom stereocenters. The van der Waals surface area contributed by atoms with Crippen LogP contribution in [0.4, 0.5) is 0 Å². The maximum Gasteiger partial charge on any atom is 0.241 e. The molecule has 3 fully saturated rings. The first-order valence-electron chi connectivity index (χ1n) is 10.4. The lowest BCUT2D eigenvalue weighted by Gasteiger charge is -2.65. The number of carbonyl (C=O) groups excluding carboxylic acids is 1. The van der Waals surface area contributed by atoms with E-state index in [-0.39, 0.29) is 29.4 Å². The van der Waals surface area contributed by atoms with Crippen LogP contribution in [0.5, 0.6) is 0 Å². The van der Waals surface area contributed by atoms with Crippen LogP contribution in [0.15, 0.2) is 30.3 Å². The molecule has 0 radical (unpaired) electrons. The lowest BCUT2D eigenvalue weighted by Crippen LogP contribution is -2.82. The third kappa shape index (κ3) is 3.20. The summed E-state index contributed by atoms with van der Waals surface area (Å²) in [7, 11) is 0. The number of fused-ring (bicyclic) bond motifs is 1. The molecule has 3 N–H and O–H groups in total. The fourth-order valence-electron chi connectivity index (χ4n) is 5.50. The number of hydrogen-bond donors (Lipinski definition) is 2. The second-order valence-electron chi connectivity index (χ2n) is 9.16. The van der Waals surface area contributed by atoms with Crippen LogP contribution in [-0.4, -0.2) is 48.2 Å². The molecular weight excluding hydrogens is 338 g/mol. The Morgan fingerprint density at radius 3 is 2.81 bits per heavy atom. The zero-order valence-electron chi connectivity index (χ0n) is 16.6. The molecule has 4 rings (SSSR count). The third-order valence-electron chi connectivity index (χ3n) is 7.15. The van der Waals surface area contributed by atoms with Crippen molar-refractivity contribution in [3.8, 4) is 0 Å². The highest BCUT2D eigenvalue weighted by Crippen LogP contribution is 2.57. The van der Waals surface area contributed by atoms with Gasteiger partial charge >= 0.3 is 0 Å². The molecule has 4 atom stereocenters. The van der Waals surface area contributed by atoms with E-state index in [4.69, 9.17) is 10.5 Å². The van der Waals surface area contributed by atoms with E-state index in [0.717, 1.165) is 51.9 Å². The molecule has 0 bridgehead atoms. The summed E-state index contributed by atoms with van der Waals surface area (Å²) in [6.07, 6.45) is 4.23. The molecule has 27 heavy (non-hydrogen) atoms. The van der Waals surface area contributed by atoms with Gasteiger partial charge in [-0.1, -0.05) is 44.2 Å². The van der Waals surface area contributed by atoms with Crippen molar-refractivity contribution in [1.82, 2.24) is 10.2 Å². The van der Waals surface area contributed by atoms with Crippen molar-refractivity contribution in [3.05, 3.63) is 35.9 Å². The van der Waals surface area contributed by atoms with E-state index in [9.17, 15) is 4.79 Å². The Morgan fingerprint density at radius 2 is 2.04 bits per heavy atom. The second-order valence-corrected chi connectivity index (χ2v) is 9.16. The molecule has 3 aliphatic rings. The van der Waals surface area contributed by atoms with Crippen molar-refractivity contribution in [2.45, 2.75) is 63.8 Å². The van der Waals surface area contributed by atoms with Crippen molar-refractivity contribution in [2.24, 2.45) is 17.1 Å². The summed E-state index contributed by atoms with van der Waals surface area (Å²) < 4.78 is 5.94. The number of rotatable bonds is 4. The van der Waals surface area contributed by atoms with E-state index in [2.05, 4.69) is 48.3 Å². The molecule has 1 amide bonds. The summed E-state index contributed by atoms with van der Waals surface area (Å²) in [6, 6.07) is 10.7. The minimum atomic E-state index is -0.820. The van der Waals surface area contributed by atoms with Crippen molar-refractivity contribution < 1.29 is 9.53 Å². The molecule has 1 aromatic carbocycles. The number of nitrogens with zero attached hydrogens (tertiary/aromatic N) is 1. The zero-order chi connectivity index (χ0) is 19.1. The molecule has 0 aromatic heterocycles. The van der Waals surface area contributed by atoms with Crippen LogP contribution in [0.1, 0.15) is 45.1 Å². The third-order valence-corrected chi connectivity index (χ3v) is 7.15. The van der Waals surface area contributed by atoms with Gasteiger partial charge < -0.3 is 15.8 Å². The van der Waals surface area contributed by atoms with Gasteiger partial charge in [0.2, 0.25) is 5.91 Å². The maximum atomic E-state index is 13.2. The fraction of sp³-hybridized carbons (Fsp3) is 0.682. The minimum absolute atomic E-state index is 0.0193. The summed E-state index contributed by atoms with van der Waals surface area (Å²) in [5, 5.41) is 3.30. The summed E-state index contributed by atoms with van der Waals surface area (Å²) in [5.74, 6) is 0.163. The van der Waals surface area contributed by atoms with Crippen LogP contribution in [0.3, 0.4) is 0 Å². The molecule has 5 heteroatoms. The first kappa shape index (κ1) is 18.9. The zero-order valence-corrected chi connectivity index (χ0v) is 16.6. The first-order valence-corrected chi connectivity index (χ1v) is 10.4. The van der Waals surface area contributed by atoms with Gasteiger partial charge in [-0.3, -0.25) is 9.69 Å². The molecule has 1 aliphatic carbocycles. The highest BCUT2D eigenvalue weighted by atomic mass is 16.5. The quantitative estimate of drug-likeness (QED) is 0.852. The Morgan fingerprint density at radius 1 is 1.26 bits per heavy atom. The molecular formula is C22H33N3O2. The Bertz CT molecular complexity index is 677. The summed E-state index contributed by atoms with van der Waals surface area (Å²) in [5.41, 5.74) is 6.93. The number of carbonyl (C=O) groups is 1. The van der Waals surface area contributed by atoms with Gasteiger partial charge in [0.15, 0.2) is 0 Å². The first-order chi connectivity index (χ1) is 12.9. The number of nitrogens with two attached hydrogens (primary N) is 1. The molecule has 1 saturated carbocycles. The fourth-order valence-corrected chi connectivity index (χ4v) is 5.50. The van der Waals surface area contributed by atoms with Gasteiger partial charge in [-0.25, -0.2) is 0 Å². The van der Waals surface area contributed by atoms with Gasteiger partial charge in [-0.2, -0.15) is 0 Å². The van der Waals surface area contributed by atoms with E-state index in [1.165, 1.54) is 5.56 Å². The van der Waals surface area contributed by atoms with E-state index in [0.29, 0.717) is 0 Å². The maximum absolute atomic E-state index is 13.2. The molecule has 0 spiro atoms. The largest absolute Gasteiger partial charge is 0.377 e. The Kier molecular flexibility index (Phi) is 5.04. The average Bonchev–Trinajstić information content (AvgIpc) is 2.68. The normalized spacial score (nSPS) is 35.7. The van der Waals surface area contributed by atoms with Crippen LogP contribution < -0.4 is 11.1 Å². The van der Waals surface area contributed by atoms with Gasteiger partial charge in [0.05, 0.1) is 6.10 Å². The Balaban J connectivity index is 1.39. The van der Waals surface area contributed by atoms with Crippen LogP contribution in [-0.2, 0) is 16.1 Å². The highest BCUT2D eigenvalue weighted by Gasteiger charge is 2.70. The van der Waals surface area contributed by atoms with Gasteiger partial charge in [-0.15, -0.1) is 0 Å². The second kappa shape index (κ2) is 7.19. The van der Waals surface area contributed by atoms with Gasteiger partial charge in [0.25, 0.3) is 0 Å². The van der Waals surface area contributed by atoms with Gasteiger partial charge in [0.1, 0.15) is 5.54 Å². The number of amides is 1. The van der Waals surface area contributed by atoms with Crippen LogP contribution in [0.25, 0.3) is 0 Å². The van der Waals surface area contributed by atoms with Crippen molar-refractivity contribution in [2.75, 3.05) is 19.7 Å². The summed E-state index contributed by atoms with van der Waals surface area (Å²) in [4.78, 5) is 15.7. The number of piperidine rings is 1. The smallest absolute Gasteiger partial charge is 0.241 e. The number of ether oxygens (including phenoxy) is 1. The molecule has 1 aromatic rings. The van der Waals surface area contributed by atoms with E-state index >= 15 is 0 Å². The summed E-state index contributed by atoms with van der Waals surface area (Å²) in [6.45, 7) is 7.87. The van der Waals surface area contributed by atoms with Gasteiger partial charge in [0, 0.05) is 37.1 Å². The van der Waals surface area contributed by atoms with Gasteiger partial charge in [-0.05, 0) is 37.8 Å². The summed E-state index contributed by atoms with van der Waals surface area (Å²) >= 11 is 0. The number of benzene rings is 1. The molecule has 2 heterocycles. The standard InChI is InChI=1S/C22H33N3O2/c1-21(2)19-18(11-7-13-27-19)22(21,23)20(26)24-17-10-6-12-25(15-17)14-16-8-4-3-5-9-16/h3-5,8-9,17-19H,6-7,10-15,23H2,1-2H3,(H,24,26). The lowest BCUT2D eigenvalue weighted by atomic mass is 9.46. The minimum Gasteiger partial charge on any atom is -0.377 e. The van der Waals surface area contributed by atoms with Crippen LogP contribution >= 0.6 is 0 Å². The number of hydrogen-bond acceptors (Lipinski definition) is 4. The molecule has 5 nitrogen and oxygen atoms in total. The SMILES string of the molecule is CC1(C)C2OCCCC2C1(N)C(=O)NC1CCCN(Cc2ccccc2)C1. The van der Waals surface area contributed by atoms with Crippen molar-refractivity contribution in [1.29, 1.82) is 0 Å². The topological polar surface area (TPSA) is 67.6 Å². The van der Waals surface area contributed by atoms with Crippen molar-refractivity contribution >= 4 is 5.91 Å². The van der Waals surface area contributed by atoms with Crippen molar-refractivity contribution in [3.63, 3.8) is 0 Å². The van der Waals surface area contributed by atoms with E-state index in [1.54, 1.807) is 0 Å². The van der Waals surface area contributed by atoms with E-state index < -0.39 is 5.54 Å². The lowest BCUT2D eigenvalue weighted by molar-refractivity contribution is -0.225.